The van der Waals surface area contributed by atoms with Crippen molar-refractivity contribution in [2.75, 3.05) is 12.3 Å². The van der Waals surface area contributed by atoms with Crippen LogP contribution in [0.1, 0.15) is 38.2 Å². The van der Waals surface area contributed by atoms with Crippen molar-refractivity contribution in [3.05, 3.63) is 70.5 Å². The van der Waals surface area contributed by atoms with E-state index in [9.17, 15) is 9.59 Å². The molecule has 7 heteroatoms. The van der Waals surface area contributed by atoms with Gasteiger partial charge in [-0.3, -0.25) is 14.2 Å². The molecular formula is C27H29N3O2S2. The Labute approximate surface area is 207 Å². The van der Waals surface area contributed by atoms with Crippen molar-refractivity contribution in [2.24, 2.45) is 0 Å². The SMILES string of the molecule is CCC1CCCCN1C(=O)CSc1nc2c(sc3ccccc32)c(=O)n1CCc1ccccc1. The van der Waals surface area contributed by atoms with Crippen LogP contribution in [0, 0.1) is 0 Å². The second-order valence-electron chi connectivity index (χ2n) is 8.80. The number of thiophene rings is 1. The molecule has 176 valence electrons. The zero-order chi connectivity index (χ0) is 23.5. The zero-order valence-corrected chi connectivity index (χ0v) is 21.0. The normalized spacial score (nSPS) is 16.4. The van der Waals surface area contributed by atoms with Crippen LogP contribution in [0.25, 0.3) is 20.3 Å². The van der Waals surface area contributed by atoms with E-state index in [2.05, 4.69) is 19.1 Å². The van der Waals surface area contributed by atoms with Crippen molar-refractivity contribution in [1.82, 2.24) is 14.5 Å². The van der Waals surface area contributed by atoms with Crippen LogP contribution >= 0.6 is 23.1 Å². The molecule has 2 aromatic carbocycles. The number of carbonyl (C=O) groups excluding carboxylic acids is 1. The number of hydrogen-bond acceptors (Lipinski definition) is 5. The molecule has 5 rings (SSSR count). The molecule has 1 atom stereocenters. The van der Waals surface area contributed by atoms with Gasteiger partial charge in [0.1, 0.15) is 4.70 Å². The van der Waals surface area contributed by atoms with E-state index in [4.69, 9.17) is 4.98 Å². The number of amides is 1. The molecule has 1 saturated heterocycles. The maximum absolute atomic E-state index is 13.6. The van der Waals surface area contributed by atoms with E-state index in [-0.39, 0.29) is 11.5 Å². The van der Waals surface area contributed by atoms with Gasteiger partial charge in [0, 0.05) is 29.2 Å². The lowest BCUT2D eigenvalue weighted by molar-refractivity contribution is -0.132. The molecule has 1 aliphatic heterocycles. The number of nitrogens with zero attached hydrogens (tertiary/aromatic N) is 3. The van der Waals surface area contributed by atoms with Crippen LogP contribution in [0.5, 0.6) is 0 Å². The molecule has 3 heterocycles. The number of thioether (sulfide) groups is 1. The Morgan fingerprint density at radius 3 is 2.74 bits per heavy atom. The molecule has 1 aliphatic rings. The van der Waals surface area contributed by atoms with Crippen LogP contribution < -0.4 is 5.56 Å². The Hall–Kier alpha value is -2.64. The molecule has 5 nitrogen and oxygen atoms in total. The molecule has 2 aromatic heterocycles. The van der Waals surface area contributed by atoms with Crippen molar-refractivity contribution in [2.45, 2.75) is 56.8 Å². The zero-order valence-electron chi connectivity index (χ0n) is 19.4. The lowest BCUT2D eigenvalue weighted by Gasteiger charge is -2.35. The molecule has 0 spiro atoms. The first-order chi connectivity index (χ1) is 16.7. The summed E-state index contributed by atoms with van der Waals surface area (Å²) in [6, 6.07) is 18.5. The largest absolute Gasteiger partial charge is 0.339 e. The van der Waals surface area contributed by atoms with Gasteiger partial charge in [0.05, 0.1) is 11.3 Å². The number of rotatable bonds is 7. The second-order valence-corrected chi connectivity index (χ2v) is 10.8. The molecule has 34 heavy (non-hydrogen) atoms. The summed E-state index contributed by atoms with van der Waals surface area (Å²) in [6.07, 6.45) is 5.07. The molecule has 0 bridgehead atoms. The van der Waals surface area contributed by atoms with Gasteiger partial charge in [-0.25, -0.2) is 4.98 Å². The number of fused-ring (bicyclic) bond motifs is 3. The molecule has 0 radical (unpaired) electrons. The van der Waals surface area contributed by atoms with Gasteiger partial charge >= 0.3 is 0 Å². The van der Waals surface area contributed by atoms with Gasteiger partial charge in [0.15, 0.2) is 5.16 Å². The average Bonchev–Trinajstić information content (AvgIpc) is 3.26. The fourth-order valence-electron chi connectivity index (χ4n) is 4.81. The minimum atomic E-state index is -0.0125. The third kappa shape index (κ3) is 4.64. The van der Waals surface area contributed by atoms with Crippen molar-refractivity contribution in [3.8, 4) is 0 Å². The van der Waals surface area contributed by atoms with Gasteiger partial charge in [-0.1, -0.05) is 67.2 Å². The molecule has 1 amide bonds. The standard InChI is InChI=1S/C27H29N3O2S2/c1-2-20-12-8-9-16-29(20)23(31)18-33-27-28-24-21-13-6-7-14-22(21)34-25(24)26(32)30(27)17-15-19-10-4-3-5-11-19/h3-7,10-11,13-14,20H,2,8-9,12,15-18H2,1H3. The Kier molecular flexibility index (Phi) is 7.02. The first-order valence-corrected chi connectivity index (χ1v) is 13.8. The highest BCUT2D eigenvalue weighted by Crippen LogP contribution is 2.32. The number of piperidine rings is 1. The Bertz CT molecular complexity index is 1360. The lowest BCUT2D eigenvalue weighted by atomic mass is 10.0. The lowest BCUT2D eigenvalue weighted by Crippen LogP contribution is -2.44. The van der Waals surface area contributed by atoms with Gasteiger partial charge in [-0.05, 0) is 43.7 Å². The molecular weight excluding hydrogens is 462 g/mol. The van der Waals surface area contributed by atoms with Crippen LogP contribution in [-0.2, 0) is 17.8 Å². The van der Waals surface area contributed by atoms with Gasteiger partial charge in [-0.2, -0.15) is 0 Å². The van der Waals surface area contributed by atoms with E-state index in [0.29, 0.717) is 28.2 Å². The predicted octanol–water partition coefficient (Wildman–Crippen LogP) is 5.74. The third-order valence-electron chi connectivity index (χ3n) is 6.66. The van der Waals surface area contributed by atoms with Crippen LogP contribution in [0.2, 0.25) is 0 Å². The maximum Gasteiger partial charge on any atom is 0.272 e. The molecule has 4 aromatic rings. The van der Waals surface area contributed by atoms with Crippen molar-refractivity contribution in [3.63, 3.8) is 0 Å². The summed E-state index contributed by atoms with van der Waals surface area (Å²) in [5, 5.41) is 1.64. The molecule has 1 fully saturated rings. The molecule has 0 saturated carbocycles. The Morgan fingerprint density at radius 1 is 1.12 bits per heavy atom. The smallest absolute Gasteiger partial charge is 0.272 e. The van der Waals surface area contributed by atoms with Crippen LogP contribution in [0.15, 0.2) is 64.5 Å². The minimum Gasteiger partial charge on any atom is -0.339 e. The minimum absolute atomic E-state index is 0.0125. The average molecular weight is 492 g/mol. The van der Waals surface area contributed by atoms with E-state index >= 15 is 0 Å². The monoisotopic (exact) mass is 491 g/mol. The number of hydrogen-bond donors (Lipinski definition) is 0. The first-order valence-electron chi connectivity index (χ1n) is 12.0. The number of benzene rings is 2. The van der Waals surface area contributed by atoms with Crippen LogP contribution in [-0.4, -0.2) is 38.7 Å². The topological polar surface area (TPSA) is 55.2 Å². The number of aromatic nitrogens is 2. The van der Waals surface area contributed by atoms with Crippen molar-refractivity contribution >= 4 is 49.3 Å². The first kappa shape index (κ1) is 23.1. The van der Waals surface area contributed by atoms with E-state index < -0.39 is 0 Å². The van der Waals surface area contributed by atoms with E-state index in [1.165, 1.54) is 35.1 Å². The Balaban J connectivity index is 1.48. The maximum atomic E-state index is 13.6. The number of carbonyl (C=O) groups is 1. The summed E-state index contributed by atoms with van der Waals surface area (Å²) in [4.78, 5) is 33.7. The van der Waals surface area contributed by atoms with Crippen molar-refractivity contribution in [1.29, 1.82) is 0 Å². The van der Waals surface area contributed by atoms with E-state index in [0.717, 1.165) is 47.8 Å². The molecule has 0 aliphatic carbocycles. The van der Waals surface area contributed by atoms with Crippen LogP contribution in [0.3, 0.4) is 0 Å². The number of likely N-dealkylation sites (tertiary alicyclic amines) is 1. The van der Waals surface area contributed by atoms with Crippen molar-refractivity contribution < 1.29 is 4.79 Å². The van der Waals surface area contributed by atoms with Gasteiger partial charge < -0.3 is 4.90 Å². The predicted molar refractivity (Wildman–Crippen MR) is 142 cm³/mol. The Morgan fingerprint density at radius 2 is 1.91 bits per heavy atom. The van der Waals surface area contributed by atoms with Gasteiger partial charge in [0.25, 0.3) is 5.56 Å². The summed E-state index contributed by atoms with van der Waals surface area (Å²) in [7, 11) is 0. The summed E-state index contributed by atoms with van der Waals surface area (Å²) in [5.74, 6) is 0.456. The van der Waals surface area contributed by atoms with E-state index in [1.807, 2.05) is 47.4 Å². The fraction of sp³-hybridized carbons (Fsp3) is 0.370. The second kappa shape index (κ2) is 10.3. The van der Waals surface area contributed by atoms with Gasteiger partial charge in [-0.15, -0.1) is 11.3 Å². The fourth-order valence-corrected chi connectivity index (χ4v) is 6.80. The summed E-state index contributed by atoms with van der Waals surface area (Å²) in [5.41, 5.74) is 1.92. The van der Waals surface area contributed by atoms with Gasteiger partial charge in [0.2, 0.25) is 5.91 Å². The molecule has 1 unspecified atom stereocenters. The summed E-state index contributed by atoms with van der Waals surface area (Å²) in [6.45, 7) is 3.53. The summed E-state index contributed by atoms with van der Waals surface area (Å²) >= 11 is 2.91. The number of aryl methyl sites for hydroxylation is 1. The molecule has 0 N–H and O–H groups in total. The third-order valence-corrected chi connectivity index (χ3v) is 8.77. The highest BCUT2D eigenvalue weighted by Gasteiger charge is 2.26. The highest BCUT2D eigenvalue weighted by molar-refractivity contribution is 7.99. The van der Waals surface area contributed by atoms with Crippen LogP contribution in [0.4, 0.5) is 0 Å². The summed E-state index contributed by atoms with van der Waals surface area (Å²) < 4.78 is 3.52. The highest BCUT2D eigenvalue weighted by atomic mass is 32.2. The van der Waals surface area contributed by atoms with E-state index in [1.54, 1.807) is 4.57 Å². The quantitative estimate of drug-likeness (QED) is 0.244.